The maximum atomic E-state index is 5.98. The zero-order chi connectivity index (χ0) is 12.8. The number of ether oxygens (including phenoxy) is 1. The lowest BCUT2D eigenvalue weighted by Crippen LogP contribution is -2.21. The maximum Gasteiger partial charge on any atom is 0.126 e. The van der Waals surface area contributed by atoms with Gasteiger partial charge in [-0.25, -0.2) is 4.98 Å². The van der Waals surface area contributed by atoms with E-state index >= 15 is 0 Å². The van der Waals surface area contributed by atoms with Crippen LogP contribution in [0.25, 0.3) is 0 Å². The summed E-state index contributed by atoms with van der Waals surface area (Å²) in [6.45, 7) is 5.93. The van der Waals surface area contributed by atoms with Crippen LogP contribution in [0.2, 0.25) is 0 Å². The van der Waals surface area contributed by atoms with E-state index in [0.29, 0.717) is 12.7 Å². The minimum absolute atomic E-state index is 0.429. The average Bonchev–Trinajstić information content (AvgIpc) is 2.37. The van der Waals surface area contributed by atoms with Crippen molar-refractivity contribution in [3.8, 4) is 0 Å². The Morgan fingerprint density at radius 2 is 2.28 bits per heavy atom. The van der Waals surface area contributed by atoms with Crippen LogP contribution in [0.5, 0.6) is 0 Å². The molecule has 0 spiro atoms. The van der Waals surface area contributed by atoms with E-state index < -0.39 is 0 Å². The van der Waals surface area contributed by atoms with Crippen molar-refractivity contribution in [3.63, 3.8) is 0 Å². The first kappa shape index (κ1) is 13.3. The van der Waals surface area contributed by atoms with E-state index in [4.69, 9.17) is 4.74 Å². The van der Waals surface area contributed by atoms with Crippen LogP contribution >= 0.6 is 0 Å². The minimum atomic E-state index is 0.429. The van der Waals surface area contributed by atoms with Crippen molar-refractivity contribution in [2.45, 2.75) is 52.2 Å². The summed E-state index contributed by atoms with van der Waals surface area (Å²) < 4.78 is 5.98. The number of nitrogens with zero attached hydrogens (tertiary/aromatic N) is 1. The predicted octanol–water partition coefficient (Wildman–Crippen LogP) is 3.61. The lowest BCUT2D eigenvalue weighted by molar-refractivity contribution is 0.00325. The zero-order valence-electron chi connectivity index (χ0n) is 11.5. The van der Waals surface area contributed by atoms with Crippen molar-refractivity contribution < 1.29 is 4.74 Å². The molecule has 1 fully saturated rings. The first-order chi connectivity index (χ1) is 8.78. The summed E-state index contributed by atoms with van der Waals surface area (Å²) in [7, 11) is 0. The highest BCUT2D eigenvalue weighted by Crippen LogP contribution is 2.26. The molecular weight excluding hydrogens is 224 g/mol. The smallest absolute Gasteiger partial charge is 0.126 e. The third kappa shape index (κ3) is 3.98. The molecule has 3 nitrogen and oxygen atoms in total. The molecule has 1 aromatic heterocycles. The molecule has 1 saturated carbocycles. The number of pyridine rings is 1. The molecule has 0 aliphatic heterocycles. The van der Waals surface area contributed by atoms with E-state index in [1.807, 2.05) is 18.2 Å². The molecule has 0 aromatic carbocycles. The molecule has 1 aromatic rings. The topological polar surface area (TPSA) is 34.1 Å². The molecule has 18 heavy (non-hydrogen) atoms. The molecular formula is C15H24N2O. The van der Waals surface area contributed by atoms with Crippen LogP contribution in [0, 0.1) is 5.92 Å². The van der Waals surface area contributed by atoms with Crippen LogP contribution in [0.3, 0.4) is 0 Å². The Hall–Kier alpha value is -1.09. The molecule has 100 valence electrons. The van der Waals surface area contributed by atoms with Gasteiger partial charge in [0.2, 0.25) is 0 Å². The molecule has 1 N–H and O–H groups in total. The zero-order valence-corrected chi connectivity index (χ0v) is 11.5. The summed E-state index contributed by atoms with van der Waals surface area (Å²) in [6.07, 6.45) is 5.49. The fourth-order valence-corrected chi connectivity index (χ4v) is 2.57. The average molecular weight is 248 g/mol. The van der Waals surface area contributed by atoms with Gasteiger partial charge < -0.3 is 10.1 Å². The van der Waals surface area contributed by atoms with Crippen molar-refractivity contribution in [3.05, 3.63) is 23.9 Å². The van der Waals surface area contributed by atoms with Crippen LogP contribution in [-0.4, -0.2) is 17.6 Å². The summed E-state index contributed by atoms with van der Waals surface area (Å²) in [5.41, 5.74) is 1.02. The Bertz CT molecular complexity index is 367. The van der Waals surface area contributed by atoms with Gasteiger partial charge in [0.25, 0.3) is 0 Å². The Morgan fingerprint density at radius 1 is 1.39 bits per heavy atom. The molecule has 2 unspecified atom stereocenters. The summed E-state index contributed by atoms with van der Waals surface area (Å²) in [4.78, 5) is 4.53. The molecule has 0 radical (unpaired) electrons. The molecule has 1 aliphatic rings. The standard InChI is InChI=1S/C15H24N2O/c1-3-16-15-9-5-7-13(17-15)11-18-14-8-4-6-12(2)10-14/h5,7,9,12,14H,3-4,6,8,10-11H2,1-2H3,(H,16,17). The van der Waals surface area contributed by atoms with Crippen LogP contribution in [0.4, 0.5) is 5.82 Å². The molecule has 1 heterocycles. The van der Waals surface area contributed by atoms with Gasteiger partial charge in [0.15, 0.2) is 0 Å². The highest BCUT2D eigenvalue weighted by Gasteiger charge is 2.19. The van der Waals surface area contributed by atoms with Gasteiger partial charge in [-0.3, -0.25) is 0 Å². The molecule has 1 aliphatic carbocycles. The number of rotatable bonds is 5. The Morgan fingerprint density at radius 3 is 3.06 bits per heavy atom. The Kier molecular flexibility index (Phi) is 5.00. The van der Waals surface area contributed by atoms with E-state index in [1.165, 1.54) is 25.7 Å². The fraction of sp³-hybridized carbons (Fsp3) is 0.667. The second-order valence-electron chi connectivity index (χ2n) is 5.25. The van der Waals surface area contributed by atoms with E-state index in [2.05, 4.69) is 24.1 Å². The Labute approximate surface area is 110 Å². The van der Waals surface area contributed by atoms with Gasteiger partial charge in [-0.1, -0.05) is 25.8 Å². The van der Waals surface area contributed by atoms with Crippen LogP contribution in [0.1, 0.15) is 45.2 Å². The van der Waals surface area contributed by atoms with Gasteiger partial charge in [-0.2, -0.15) is 0 Å². The summed E-state index contributed by atoms with van der Waals surface area (Å²) in [5.74, 6) is 1.75. The van der Waals surface area contributed by atoms with Gasteiger partial charge in [0, 0.05) is 6.54 Å². The second kappa shape index (κ2) is 6.74. The number of aromatic nitrogens is 1. The number of hydrogen-bond acceptors (Lipinski definition) is 3. The van der Waals surface area contributed by atoms with Crippen LogP contribution in [0.15, 0.2) is 18.2 Å². The number of hydrogen-bond donors (Lipinski definition) is 1. The van der Waals surface area contributed by atoms with E-state index in [1.54, 1.807) is 0 Å². The molecule has 0 saturated heterocycles. The van der Waals surface area contributed by atoms with Gasteiger partial charge in [0.05, 0.1) is 18.4 Å². The van der Waals surface area contributed by atoms with Crippen molar-refractivity contribution in [1.29, 1.82) is 0 Å². The van der Waals surface area contributed by atoms with Crippen molar-refractivity contribution in [2.24, 2.45) is 5.92 Å². The van der Waals surface area contributed by atoms with Crippen molar-refractivity contribution in [1.82, 2.24) is 4.98 Å². The SMILES string of the molecule is CCNc1cccc(COC2CCCC(C)C2)n1. The molecule has 3 heteroatoms. The lowest BCUT2D eigenvalue weighted by atomic mass is 9.89. The first-order valence-corrected chi connectivity index (χ1v) is 7.09. The quantitative estimate of drug-likeness (QED) is 0.864. The molecule has 0 amide bonds. The van der Waals surface area contributed by atoms with Crippen LogP contribution < -0.4 is 5.32 Å². The van der Waals surface area contributed by atoms with E-state index in [9.17, 15) is 0 Å². The van der Waals surface area contributed by atoms with Gasteiger partial charge >= 0.3 is 0 Å². The predicted molar refractivity (Wildman–Crippen MR) is 74.6 cm³/mol. The fourth-order valence-electron chi connectivity index (χ4n) is 2.57. The van der Waals surface area contributed by atoms with Gasteiger partial charge in [-0.15, -0.1) is 0 Å². The first-order valence-electron chi connectivity index (χ1n) is 7.09. The Balaban J connectivity index is 1.83. The lowest BCUT2D eigenvalue weighted by Gasteiger charge is -2.26. The molecule has 2 rings (SSSR count). The monoisotopic (exact) mass is 248 g/mol. The normalized spacial score (nSPS) is 23.9. The van der Waals surface area contributed by atoms with E-state index in [-0.39, 0.29) is 0 Å². The van der Waals surface area contributed by atoms with Gasteiger partial charge in [-0.05, 0) is 37.8 Å². The minimum Gasteiger partial charge on any atom is -0.372 e. The highest BCUT2D eigenvalue weighted by molar-refractivity contribution is 5.34. The number of nitrogens with one attached hydrogen (secondary N) is 1. The summed E-state index contributed by atoms with van der Waals surface area (Å²) in [5, 5.41) is 3.23. The second-order valence-corrected chi connectivity index (χ2v) is 5.25. The number of anilines is 1. The van der Waals surface area contributed by atoms with Crippen LogP contribution in [-0.2, 0) is 11.3 Å². The van der Waals surface area contributed by atoms with Gasteiger partial charge in [0.1, 0.15) is 5.82 Å². The third-order valence-corrected chi connectivity index (χ3v) is 3.52. The highest BCUT2D eigenvalue weighted by atomic mass is 16.5. The third-order valence-electron chi connectivity index (χ3n) is 3.52. The largest absolute Gasteiger partial charge is 0.372 e. The molecule has 2 atom stereocenters. The maximum absolute atomic E-state index is 5.98. The van der Waals surface area contributed by atoms with Crippen molar-refractivity contribution >= 4 is 5.82 Å². The summed E-state index contributed by atoms with van der Waals surface area (Å²) in [6, 6.07) is 6.07. The van der Waals surface area contributed by atoms with Crippen molar-refractivity contribution in [2.75, 3.05) is 11.9 Å². The molecule has 0 bridgehead atoms. The summed E-state index contributed by atoms with van der Waals surface area (Å²) >= 11 is 0. The van der Waals surface area contributed by atoms with E-state index in [0.717, 1.165) is 24.0 Å².